The van der Waals surface area contributed by atoms with Crippen molar-refractivity contribution in [3.05, 3.63) is 57.5 Å². The van der Waals surface area contributed by atoms with E-state index in [0.29, 0.717) is 18.2 Å². The van der Waals surface area contributed by atoms with Crippen LogP contribution in [-0.4, -0.2) is 51.1 Å². The first-order chi connectivity index (χ1) is 13.7. The molecule has 1 aromatic carbocycles. The van der Waals surface area contributed by atoms with E-state index in [0.717, 1.165) is 29.6 Å². The van der Waals surface area contributed by atoms with Crippen LogP contribution < -0.4 is 0 Å². The average Bonchev–Trinajstić information content (AvgIpc) is 3.10. The standard InChI is InChI=1S/C16H18N2O2S.C4H4O4/c1-11(2)17-7-5-12(6-8-17)15-10-21-16-4-3-13(18(19)20)9-14(15)16;5-3(6)1-2-4(7)8/h3-5,9-11H,6-8H2,1-2H3;1-2H,(H,5,6)(H,7,8). The SMILES string of the molecule is CC(C)N1CC=C(c2csc3ccc([N+](=O)[O-])cc23)CC1.O=C(O)C=CC(=O)O. The van der Waals surface area contributed by atoms with Crippen molar-refractivity contribution in [2.75, 3.05) is 13.1 Å². The zero-order valence-corrected chi connectivity index (χ0v) is 16.9. The lowest BCUT2D eigenvalue weighted by molar-refractivity contribution is -0.384. The van der Waals surface area contributed by atoms with Crippen molar-refractivity contribution in [2.45, 2.75) is 26.3 Å². The summed E-state index contributed by atoms with van der Waals surface area (Å²) in [6.45, 7) is 6.43. The predicted molar refractivity (Wildman–Crippen MR) is 112 cm³/mol. The van der Waals surface area contributed by atoms with Crippen molar-refractivity contribution < 1.29 is 24.7 Å². The number of nitro benzene ring substituents is 1. The lowest BCUT2D eigenvalue weighted by Gasteiger charge is -2.29. The summed E-state index contributed by atoms with van der Waals surface area (Å²) >= 11 is 1.66. The molecule has 29 heavy (non-hydrogen) atoms. The second kappa shape index (κ2) is 9.94. The van der Waals surface area contributed by atoms with E-state index in [1.165, 1.54) is 11.1 Å². The van der Waals surface area contributed by atoms with Crippen LogP contribution in [0.25, 0.3) is 15.7 Å². The van der Waals surface area contributed by atoms with Crippen LogP contribution in [0.1, 0.15) is 25.8 Å². The molecule has 0 fully saturated rings. The summed E-state index contributed by atoms with van der Waals surface area (Å²) in [5.74, 6) is -2.51. The molecule has 154 valence electrons. The normalized spacial score (nSPS) is 14.5. The molecule has 0 saturated carbocycles. The number of nitro groups is 1. The number of thiophene rings is 1. The van der Waals surface area contributed by atoms with Gasteiger partial charge in [0.05, 0.1) is 4.92 Å². The predicted octanol–water partition coefficient (Wildman–Crippen LogP) is 4.02. The van der Waals surface area contributed by atoms with Gasteiger partial charge in [-0.1, -0.05) is 6.08 Å². The van der Waals surface area contributed by atoms with Crippen LogP contribution in [0.4, 0.5) is 5.69 Å². The first kappa shape index (κ1) is 22.3. The van der Waals surface area contributed by atoms with Crippen LogP contribution in [0.5, 0.6) is 0 Å². The number of non-ortho nitro benzene ring substituents is 1. The summed E-state index contributed by atoms with van der Waals surface area (Å²) in [6, 6.07) is 5.70. The van der Waals surface area contributed by atoms with Gasteiger partial charge in [0.25, 0.3) is 5.69 Å². The zero-order valence-electron chi connectivity index (χ0n) is 16.1. The van der Waals surface area contributed by atoms with Gasteiger partial charge in [0.1, 0.15) is 0 Å². The van der Waals surface area contributed by atoms with Gasteiger partial charge in [-0.2, -0.15) is 0 Å². The zero-order chi connectivity index (χ0) is 21.6. The first-order valence-electron chi connectivity index (χ1n) is 8.92. The summed E-state index contributed by atoms with van der Waals surface area (Å²) in [7, 11) is 0. The van der Waals surface area contributed by atoms with Gasteiger partial charge in [-0.3, -0.25) is 15.0 Å². The molecule has 0 aliphatic carbocycles. The van der Waals surface area contributed by atoms with Crippen LogP contribution in [0, 0.1) is 10.1 Å². The Kier molecular flexibility index (Phi) is 7.63. The molecule has 0 radical (unpaired) electrons. The van der Waals surface area contributed by atoms with Crippen molar-refractivity contribution in [3.8, 4) is 0 Å². The molecule has 1 aromatic heterocycles. The Bertz CT molecular complexity index is 961. The van der Waals surface area contributed by atoms with E-state index >= 15 is 0 Å². The lowest BCUT2D eigenvalue weighted by Crippen LogP contribution is -2.34. The van der Waals surface area contributed by atoms with Gasteiger partial charge in [-0.25, -0.2) is 9.59 Å². The Morgan fingerprint density at radius 2 is 1.90 bits per heavy atom. The molecule has 8 nitrogen and oxygen atoms in total. The molecule has 0 atom stereocenters. The molecule has 1 aliphatic rings. The third-order valence-electron chi connectivity index (χ3n) is 4.45. The van der Waals surface area contributed by atoms with Gasteiger partial charge in [-0.15, -0.1) is 11.3 Å². The molecule has 0 amide bonds. The van der Waals surface area contributed by atoms with Crippen LogP contribution in [0.2, 0.25) is 0 Å². The third kappa shape index (κ3) is 6.23. The van der Waals surface area contributed by atoms with Crippen LogP contribution in [0.15, 0.2) is 41.8 Å². The monoisotopic (exact) mass is 418 g/mol. The Balaban J connectivity index is 0.000000321. The number of aliphatic carboxylic acids is 2. The fraction of sp³-hybridized carbons (Fsp3) is 0.300. The van der Waals surface area contributed by atoms with E-state index in [2.05, 4.69) is 30.2 Å². The Hall–Kier alpha value is -3.04. The van der Waals surface area contributed by atoms with Crippen molar-refractivity contribution in [3.63, 3.8) is 0 Å². The molecule has 3 rings (SSSR count). The van der Waals surface area contributed by atoms with Crippen LogP contribution >= 0.6 is 11.3 Å². The van der Waals surface area contributed by atoms with E-state index < -0.39 is 11.9 Å². The van der Waals surface area contributed by atoms with Gasteiger partial charge in [0.2, 0.25) is 0 Å². The highest BCUT2D eigenvalue weighted by atomic mass is 32.1. The van der Waals surface area contributed by atoms with E-state index in [9.17, 15) is 19.7 Å². The highest BCUT2D eigenvalue weighted by molar-refractivity contribution is 7.17. The number of carboxylic acid groups (broad SMARTS) is 2. The summed E-state index contributed by atoms with van der Waals surface area (Å²) in [5, 5.41) is 29.7. The Morgan fingerprint density at radius 3 is 2.38 bits per heavy atom. The van der Waals surface area contributed by atoms with Gasteiger partial charge in [-0.05, 0) is 42.9 Å². The number of rotatable bonds is 5. The molecular weight excluding hydrogens is 396 g/mol. The highest BCUT2D eigenvalue weighted by Crippen LogP contribution is 2.35. The number of fused-ring (bicyclic) bond motifs is 1. The van der Waals surface area contributed by atoms with Crippen LogP contribution in [0.3, 0.4) is 0 Å². The van der Waals surface area contributed by atoms with Gasteiger partial charge >= 0.3 is 11.9 Å². The van der Waals surface area contributed by atoms with Crippen molar-refractivity contribution in [1.82, 2.24) is 4.90 Å². The minimum Gasteiger partial charge on any atom is -0.478 e. The minimum atomic E-state index is -1.26. The molecule has 9 heteroatoms. The highest BCUT2D eigenvalue weighted by Gasteiger charge is 2.18. The molecule has 0 bridgehead atoms. The van der Waals surface area contributed by atoms with Gasteiger partial charge in [0.15, 0.2) is 0 Å². The second-order valence-electron chi connectivity index (χ2n) is 6.66. The molecule has 2 heterocycles. The maximum absolute atomic E-state index is 11.0. The van der Waals surface area contributed by atoms with E-state index in [1.54, 1.807) is 23.5 Å². The molecule has 0 spiro atoms. The summed E-state index contributed by atoms with van der Waals surface area (Å²) in [5.41, 5.74) is 2.66. The average molecular weight is 418 g/mol. The Labute approximate surface area is 171 Å². The van der Waals surface area contributed by atoms with Crippen molar-refractivity contribution >= 4 is 44.6 Å². The smallest absolute Gasteiger partial charge is 0.328 e. The molecule has 1 aliphatic heterocycles. The third-order valence-corrected chi connectivity index (χ3v) is 5.42. The van der Waals surface area contributed by atoms with E-state index in [4.69, 9.17) is 10.2 Å². The second-order valence-corrected chi connectivity index (χ2v) is 7.58. The van der Waals surface area contributed by atoms with E-state index in [1.807, 2.05) is 6.07 Å². The van der Waals surface area contributed by atoms with Gasteiger partial charge < -0.3 is 10.2 Å². The minimum absolute atomic E-state index is 0.169. The molecular formula is C20H22N2O6S. The number of hydrogen-bond acceptors (Lipinski definition) is 6. The van der Waals surface area contributed by atoms with E-state index in [-0.39, 0.29) is 10.6 Å². The van der Waals surface area contributed by atoms with Crippen LogP contribution in [-0.2, 0) is 9.59 Å². The summed E-state index contributed by atoms with van der Waals surface area (Å²) in [6.07, 6.45) is 4.39. The maximum Gasteiger partial charge on any atom is 0.328 e. The van der Waals surface area contributed by atoms with Gasteiger partial charge in [0, 0.05) is 53.5 Å². The quantitative estimate of drug-likeness (QED) is 0.427. The fourth-order valence-corrected chi connectivity index (χ4v) is 3.89. The number of benzene rings is 1. The molecule has 2 aromatic rings. The number of hydrogen-bond donors (Lipinski definition) is 2. The fourth-order valence-electron chi connectivity index (χ4n) is 2.92. The lowest BCUT2D eigenvalue weighted by atomic mass is 9.98. The number of nitrogens with zero attached hydrogens (tertiary/aromatic N) is 2. The van der Waals surface area contributed by atoms with Crippen molar-refractivity contribution in [1.29, 1.82) is 0 Å². The molecule has 0 saturated heterocycles. The van der Waals surface area contributed by atoms with Crippen molar-refractivity contribution in [2.24, 2.45) is 0 Å². The largest absolute Gasteiger partial charge is 0.478 e. The number of carbonyl (C=O) groups is 2. The topological polar surface area (TPSA) is 121 Å². The molecule has 2 N–H and O–H groups in total. The first-order valence-corrected chi connectivity index (χ1v) is 9.80. The summed E-state index contributed by atoms with van der Waals surface area (Å²) in [4.78, 5) is 32.2. The molecule has 0 unspecified atom stereocenters. The Morgan fingerprint density at radius 1 is 1.24 bits per heavy atom. The number of carboxylic acids is 2. The summed E-state index contributed by atoms with van der Waals surface area (Å²) < 4.78 is 1.11. The maximum atomic E-state index is 11.0.